The zero-order chi connectivity index (χ0) is 22.7. The third kappa shape index (κ3) is 4.61. The summed E-state index contributed by atoms with van der Waals surface area (Å²) in [6.45, 7) is 0.360. The fourth-order valence-corrected chi connectivity index (χ4v) is 4.91. The maximum absolute atomic E-state index is 13.1. The number of amides is 1. The van der Waals surface area contributed by atoms with Crippen LogP contribution < -0.4 is 5.56 Å². The lowest BCUT2D eigenvalue weighted by atomic mass is 10.1. The molecule has 2 aromatic carbocycles. The highest BCUT2D eigenvalue weighted by molar-refractivity contribution is 7.89. The summed E-state index contributed by atoms with van der Waals surface area (Å²) in [4.78, 5) is 26.5. The van der Waals surface area contributed by atoms with Gasteiger partial charge in [-0.05, 0) is 30.3 Å². The first-order valence-corrected chi connectivity index (χ1v) is 11.5. The molecule has 1 aliphatic rings. The Hall–Kier alpha value is -3.37. The molecule has 1 fully saturated rings. The summed E-state index contributed by atoms with van der Waals surface area (Å²) in [5.74, 6) is -0.830. The van der Waals surface area contributed by atoms with Crippen LogP contribution in [0.4, 0.5) is 4.39 Å². The average molecular weight is 456 g/mol. The molecule has 3 aromatic rings. The van der Waals surface area contributed by atoms with Gasteiger partial charge in [0.05, 0.1) is 10.6 Å². The van der Waals surface area contributed by atoms with Gasteiger partial charge in [-0.15, -0.1) is 0 Å². The van der Waals surface area contributed by atoms with Gasteiger partial charge in [-0.2, -0.15) is 9.40 Å². The van der Waals surface area contributed by atoms with Crippen LogP contribution in [0.3, 0.4) is 0 Å². The first kappa shape index (κ1) is 21.8. The van der Waals surface area contributed by atoms with E-state index in [0.717, 1.165) is 22.4 Å². The van der Waals surface area contributed by atoms with E-state index in [0.29, 0.717) is 5.69 Å². The number of aromatic nitrogens is 2. The highest BCUT2D eigenvalue weighted by Crippen LogP contribution is 2.18. The Morgan fingerprint density at radius 2 is 1.56 bits per heavy atom. The van der Waals surface area contributed by atoms with Crippen LogP contribution in [0.25, 0.3) is 11.3 Å². The Morgan fingerprint density at radius 1 is 0.906 bits per heavy atom. The van der Waals surface area contributed by atoms with Crippen LogP contribution in [0.1, 0.15) is 0 Å². The molecule has 166 valence electrons. The second-order valence-electron chi connectivity index (χ2n) is 7.32. The molecular formula is C22H21FN4O4S. The maximum Gasteiger partial charge on any atom is 0.267 e. The van der Waals surface area contributed by atoms with E-state index in [-0.39, 0.29) is 43.5 Å². The van der Waals surface area contributed by atoms with Gasteiger partial charge in [0.1, 0.15) is 12.4 Å². The highest BCUT2D eigenvalue weighted by atomic mass is 32.2. The zero-order valence-electron chi connectivity index (χ0n) is 17.1. The Morgan fingerprint density at radius 3 is 2.22 bits per heavy atom. The maximum atomic E-state index is 13.1. The van der Waals surface area contributed by atoms with Gasteiger partial charge in [0.2, 0.25) is 15.9 Å². The number of hydrogen-bond acceptors (Lipinski definition) is 5. The van der Waals surface area contributed by atoms with Crippen molar-refractivity contribution in [3.8, 4) is 11.3 Å². The molecule has 1 aromatic heterocycles. The van der Waals surface area contributed by atoms with Gasteiger partial charge in [-0.25, -0.2) is 17.5 Å². The second-order valence-corrected chi connectivity index (χ2v) is 9.26. The van der Waals surface area contributed by atoms with Crippen LogP contribution in [-0.2, 0) is 21.4 Å². The van der Waals surface area contributed by atoms with Crippen LogP contribution >= 0.6 is 0 Å². The molecule has 1 amide bonds. The molecular weight excluding hydrogens is 435 g/mol. The van der Waals surface area contributed by atoms with E-state index in [4.69, 9.17) is 0 Å². The van der Waals surface area contributed by atoms with E-state index in [1.807, 2.05) is 30.3 Å². The predicted molar refractivity (Wildman–Crippen MR) is 116 cm³/mol. The molecule has 0 radical (unpaired) electrons. The van der Waals surface area contributed by atoms with Crippen molar-refractivity contribution in [2.24, 2.45) is 0 Å². The normalized spacial score (nSPS) is 15.0. The van der Waals surface area contributed by atoms with Crippen LogP contribution in [0.15, 0.2) is 76.4 Å². The smallest absolute Gasteiger partial charge is 0.267 e. The topological polar surface area (TPSA) is 92.6 Å². The molecule has 1 saturated heterocycles. The number of halogens is 1. The Kier molecular flexibility index (Phi) is 6.15. The van der Waals surface area contributed by atoms with Crippen LogP contribution in [0, 0.1) is 5.82 Å². The fourth-order valence-electron chi connectivity index (χ4n) is 3.49. The van der Waals surface area contributed by atoms with Crippen molar-refractivity contribution in [2.75, 3.05) is 26.2 Å². The van der Waals surface area contributed by atoms with Crippen molar-refractivity contribution < 1.29 is 17.6 Å². The summed E-state index contributed by atoms with van der Waals surface area (Å²) >= 11 is 0. The molecule has 0 saturated carbocycles. The van der Waals surface area contributed by atoms with Crippen LogP contribution in [-0.4, -0.2) is 59.5 Å². The molecule has 1 aliphatic heterocycles. The van der Waals surface area contributed by atoms with E-state index >= 15 is 0 Å². The highest BCUT2D eigenvalue weighted by Gasteiger charge is 2.30. The van der Waals surface area contributed by atoms with E-state index in [1.54, 1.807) is 6.07 Å². The number of sulfonamides is 1. The minimum absolute atomic E-state index is 0.00663. The number of carbonyl (C=O) groups excluding carboxylic acids is 1. The van der Waals surface area contributed by atoms with Crippen LogP contribution in [0.5, 0.6) is 0 Å². The van der Waals surface area contributed by atoms with Gasteiger partial charge in [-0.1, -0.05) is 30.3 Å². The summed E-state index contributed by atoms with van der Waals surface area (Å²) in [5, 5.41) is 4.30. The number of piperazine rings is 1. The van der Waals surface area contributed by atoms with Gasteiger partial charge in [-0.3, -0.25) is 9.59 Å². The van der Waals surface area contributed by atoms with Crippen molar-refractivity contribution in [2.45, 2.75) is 11.4 Å². The zero-order valence-corrected chi connectivity index (χ0v) is 17.9. The summed E-state index contributed by atoms with van der Waals surface area (Å²) in [6, 6.07) is 16.9. The Labute approximate surface area is 184 Å². The summed E-state index contributed by atoms with van der Waals surface area (Å²) in [7, 11) is -3.77. The second kappa shape index (κ2) is 9.01. The van der Waals surface area contributed by atoms with Crippen molar-refractivity contribution in [1.82, 2.24) is 19.0 Å². The molecule has 0 unspecified atom stereocenters. The molecule has 0 N–H and O–H groups in total. The van der Waals surface area contributed by atoms with E-state index < -0.39 is 21.4 Å². The van der Waals surface area contributed by atoms with Crippen molar-refractivity contribution >= 4 is 15.9 Å². The van der Waals surface area contributed by atoms with E-state index in [9.17, 15) is 22.4 Å². The third-order valence-corrected chi connectivity index (χ3v) is 7.18. The fraction of sp³-hybridized carbons (Fsp3) is 0.227. The lowest BCUT2D eigenvalue weighted by Crippen LogP contribution is -2.51. The Balaban J connectivity index is 1.42. The number of carbonyl (C=O) groups is 1. The monoisotopic (exact) mass is 456 g/mol. The quantitative estimate of drug-likeness (QED) is 0.581. The molecule has 32 heavy (non-hydrogen) atoms. The molecule has 0 aliphatic carbocycles. The lowest BCUT2D eigenvalue weighted by Gasteiger charge is -2.34. The summed E-state index contributed by atoms with van der Waals surface area (Å²) in [6.07, 6.45) is 0. The average Bonchev–Trinajstić information content (AvgIpc) is 2.81. The molecule has 0 spiro atoms. The number of hydrogen-bond donors (Lipinski definition) is 0. The Bertz CT molecular complexity index is 1270. The molecule has 0 atom stereocenters. The minimum Gasteiger partial charge on any atom is -0.338 e. The van der Waals surface area contributed by atoms with E-state index in [1.165, 1.54) is 27.4 Å². The lowest BCUT2D eigenvalue weighted by molar-refractivity contribution is -0.133. The first-order chi connectivity index (χ1) is 15.3. The minimum atomic E-state index is -3.77. The van der Waals surface area contributed by atoms with Gasteiger partial charge in [0, 0.05) is 37.8 Å². The number of rotatable bonds is 5. The van der Waals surface area contributed by atoms with Crippen molar-refractivity contribution in [3.63, 3.8) is 0 Å². The van der Waals surface area contributed by atoms with Crippen molar-refractivity contribution in [3.05, 3.63) is 82.9 Å². The third-order valence-electron chi connectivity index (χ3n) is 5.26. The number of nitrogens with zero attached hydrogens (tertiary/aromatic N) is 4. The first-order valence-electron chi connectivity index (χ1n) is 10.0. The molecule has 4 rings (SSSR count). The van der Waals surface area contributed by atoms with Gasteiger partial charge < -0.3 is 4.90 Å². The van der Waals surface area contributed by atoms with E-state index in [2.05, 4.69) is 5.10 Å². The van der Waals surface area contributed by atoms with Crippen LogP contribution in [0.2, 0.25) is 0 Å². The van der Waals surface area contributed by atoms with Gasteiger partial charge in [0.25, 0.3) is 5.56 Å². The molecule has 2 heterocycles. The summed E-state index contributed by atoms with van der Waals surface area (Å²) in [5.41, 5.74) is 1.01. The van der Waals surface area contributed by atoms with Gasteiger partial charge in [0.15, 0.2) is 0 Å². The SMILES string of the molecule is O=C(Cn1nc(-c2ccccc2)ccc1=O)N1CCN(S(=O)(=O)c2ccc(F)cc2)CC1. The predicted octanol–water partition coefficient (Wildman–Crippen LogP) is 1.58. The molecule has 0 bridgehead atoms. The van der Waals surface area contributed by atoms with Crippen molar-refractivity contribution in [1.29, 1.82) is 0 Å². The largest absolute Gasteiger partial charge is 0.338 e. The summed E-state index contributed by atoms with van der Waals surface area (Å²) < 4.78 is 40.9. The number of benzene rings is 2. The molecule has 8 nitrogen and oxygen atoms in total. The molecule has 10 heteroatoms. The van der Waals surface area contributed by atoms with Gasteiger partial charge >= 0.3 is 0 Å². The standard InChI is InChI=1S/C22H21FN4O4S/c23-18-6-8-19(9-7-18)32(30,31)26-14-12-25(13-15-26)22(29)16-27-21(28)11-10-20(24-27)17-4-2-1-3-5-17/h1-11H,12-16H2.